The van der Waals surface area contributed by atoms with Crippen LogP contribution in [0, 0.1) is 0 Å². The van der Waals surface area contributed by atoms with Gasteiger partial charge in [-0.2, -0.15) is 10.1 Å². The fourth-order valence-electron chi connectivity index (χ4n) is 2.40. The van der Waals surface area contributed by atoms with E-state index in [1.807, 2.05) is 18.2 Å². The molecular weight excluding hydrogens is 332 g/mol. The molecule has 3 aromatic rings. The van der Waals surface area contributed by atoms with Gasteiger partial charge in [0.2, 0.25) is 5.91 Å². The first-order chi connectivity index (χ1) is 12.6. The third-order valence-electron chi connectivity index (χ3n) is 3.89. The third kappa shape index (κ3) is 3.77. The average Bonchev–Trinajstić information content (AvgIpc) is 2.68. The predicted molar refractivity (Wildman–Crippen MR) is 98.1 cm³/mol. The van der Waals surface area contributed by atoms with Gasteiger partial charge < -0.3 is 10.1 Å². The summed E-state index contributed by atoms with van der Waals surface area (Å²) in [7, 11) is 1.58. The summed E-state index contributed by atoms with van der Waals surface area (Å²) in [5.41, 5.74) is 1.24. The molecule has 1 heterocycles. The number of benzene rings is 2. The number of ether oxygens (including phenoxy) is 1. The third-order valence-corrected chi connectivity index (χ3v) is 3.89. The maximum Gasteiger partial charge on any atom is 0.365 e. The first kappa shape index (κ1) is 17.3. The van der Waals surface area contributed by atoms with Crippen molar-refractivity contribution in [2.75, 3.05) is 12.4 Å². The number of carbonyl (C=O) groups is 1. The summed E-state index contributed by atoms with van der Waals surface area (Å²) in [6.45, 7) is 1.60. The zero-order valence-electron chi connectivity index (χ0n) is 14.4. The fraction of sp³-hybridized carbons (Fsp3) is 0.158. The highest BCUT2D eigenvalue weighted by Gasteiger charge is 2.18. The first-order valence-electron chi connectivity index (χ1n) is 8.04. The summed E-state index contributed by atoms with van der Waals surface area (Å²) < 4.78 is 6.17. The Kier molecular flexibility index (Phi) is 5.07. The van der Waals surface area contributed by atoms with Gasteiger partial charge in [0.05, 0.1) is 19.0 Å². The number of nitrogens with zero attached hydrogens (tertiary/aromatic N) is 3. The number of amides is 1. The number of para-hydroxylation sites is 1. The maximum atomic E-state index is 12.3. The molecule has 0 aliphatic heterocycles. The molecule has 1 N–H and O–H groups in total. The molecule has 26 heavy (non-hydrogen) atoms. The van der Waals surface area contributed by atoms with E-state index in [0.717, 1.165) is 10.2 Å². The molecule has 7 heteroatoms. The molecule has 0 radical (unpaired) electrons. The summed E-state index contributed by atoms with van der Waals surface area (Å²) in [5, 5.41) is 6.86. The van der Waals surface area contributed by atoms with Gasteiger partial charge in [0.1, 0.15) is 11.8 Å². The normalized spacial score (nSPS) is 11.6. The van der Waals surface area contributed by atoms with E-state index in [-0.39, 0.29) is 5.91 Å². The Morgan fingerprint density at radius 3 is 2.42 bits per heavy atom. The van der Waals surface area contributed by atoms with Gasteiger partial charge in [0.15, 0.2) is 0 Å². The number of rotatable bonds is 5. The van der Waals surface area contributed by atoms with Crippen molar-refractivity contribution in [3.05, 3.63) is 71.3 Å². The Bertz CT molecular complexity index is 953. The van der Waals surface area contributed by atoms with Crippen LogP contribution in [0.1, 0.15) is 13.0 Å². The molecule has 2 aromatic carbocycles. The van der Waals surface area contributed by atoms with Crippen LogP contribution in [-0.4, -0.2) is 27.8 Å². The fourth-order valence-corrected chi connectivity index (χ4v) is 2.40. The zero-order valence-corrected chi connectivity index (χ0v) is 14.4. The van der Waals surface area contributed by atoms with Gasteiger partial charge in [-0.15, -0.1) is 0 Å². The summed E-state index contributed by atoms with van der Waals surface area (Å²) in [4.78, 5) is 28.7. The lowest BCUT2D eigenvalue weighted by Crippen LogP contribution is -2.34. The van der Waals surface area contributed by atoms with Gasteiger partial charge in [0, 0.05) is 11.3 Å². The molecule has 0 saturated heterocycles. The van der Waals surface area contributed by atoms with Crippen LogP contribution in [0.15, 0.2) is 65.6 Å². The Hall–Kier alpha value is -3.48. The number of hydrogen-bond acceptors (Lipinski definition) is 5. The number of methoxy groups -OCH3 is 1. The van der Waals surface area contributed by atoms with Gasteiger partial charge in [-0.3, -0.25) is 4.79 Å². The van der Waals surface area contributed by atoms with Crippen LogP contribution in [0.2, 0.25) is 0 Å². The predicted octanol–water partition coefficient (Wildman–Crippen LogP) is 2.51. The van der Waals surface area contributed by atoms with Crippen molar-refractivity contribution in [2.24, 2.45) is 0 Å². The molecule has 1 aromatic heterocycles. The minimum absolute atomic E-state index is 0.343. The standard InChI is InChI=1S/C19H18N4O3/c1-13(18(24)21-15-6-4-3-5-7-15)23-19(25)22-17(12-20-23)14-8-10-16(26-2)11-9-14/h3-13H,1-2H3,(H,21,24)/t13-/m0/s1. The van der Waals surface area contributed by atoms with Gasteiger partial charge in [-0.25, -0.2) is 9.48 Å². The van der Waals surface area contributed by atoms with Crippen LogP contribution < -0.4 is 15.7 Å². The smallest absolute Gasteiger partial charge is 0.365 e. The van der Waals surface area contributed by atoms with E-state index >= 15 is 0 Å². The molecule has 1 atom stereocenters. The van der Waals surface area contributed by atoms with E-state index in [9.17, 15) is 9.59 Å². The van der Waals surface area contributed by atoms with E-state index in [1.165, 1.54) is 6.20 Å². The zero-order chi connectivity index (χ0) is 18.5. The topological polar surface area (TPSA) is 86.1 Å². The molecule has 0 aliphatic carbocycles. The molecule has 0 fully saturated rings. The highest BCUT2D eigenvalue weighted by molar-refractivity contribution is 5.93. The van der Waals surface area contributed by atoms with E-state index in [4.69, 9.17) is 4.74 Å². The maximum absolute atomic E-state index is 12.3. The van der Waals surface area contributed by atoms with Gasteiger partial charge >= 0.3 is 5.69 Å². The van der Waals surface area contributed by atoms with Crippen LogP contribution >= 0.6 is 0 Å². The molecule has 1 amide bonds. The second-order valence-electron chi connectivity index (χ2n) is 5.63. The highest BCUT2D eigenvalue weighted by atomic mass is 16.5. The molecule has 7 nitrogen and oxygen atoms in total. The highest BCUT2D eigenvalue weighted by Crippen LogP contribution is 2.19. The average molecular weight is 350 g/mol. The lowest BCUT2D eigenvalue weighted by molar-refractivity contribution is -0.119. The van der Waals surface area contributed by atoms with Crippen molar-refractivity contribution in [2.45, 2.75) is 13.0 Å². The number of aromatic nitrogens is 3. The second-order valence-corrected chi connectivity index (χ2v) is 5.63. The Labute approximate surface area is 150 Å². The minimum Gasteiger partial charge on any atom is -0.497 e. The molecular formula is C19H18N4O3. The van der Waals surface area contributed by atoms with Crippen molar-refractivity contribution in [3.63, 3.8) is 0 Å². The molecule has 0 aliphatic rings. The number of anilines is 1. The Balaban J connectivity index is 1.80. The Morgan fingerprint density at radius 2 is 1.81 bits per heavy atom. The summed E-state index contributed by atoms with van der Waals surface area (Å²) in [5.74, 6) is 0.367. The van der Waals surface area contributed by atoms with E-state index in [2.05, 4.69) is 15.4 Å². The molecule has 3 rings (SSSR count). The van der Waals surface area contributed by atoms with Crippen molar-refractivity contribution in [1.29, 1.82) is 0 Å². The summed E-state index contributed by atoms with van der Waals surface area (Å²) >= 11 is 0. The first-order valence-corrected chi connectivity index (χ1v) is 8.04. The molecule has 0 saturated carbocycles. The van der Waals surface area contributed by atoms with Crippen molar-refractivity contribution in [3.8, 4) is 17.0 Å². The van der Waals surface area contributed by atoms with Crippen LogP contribution in [0.5, 0.6) is 5.75 Å². The lowest BCUT2D eigenvalue weighted by atomic mass is 10.1. The van der Waals surface area contributed by atoms with Crippen LogP contribution in [0.3, 0.4) is 0 Å². The minimum atomic E-state index is -0.792. The largest absolute Gasteiger partial charge is 0.497 e. The van der Waals surface area contributed by atoms with E-state index in [1.54, 1.807) is 50.4 Å². The second kappa shape index (κ2) is 7.60. The lowest BCUT2D eigenvalue weighted by Gasteiger charge is -2.13. The number of hydrogen-bond donors (Lipinski definition) is 1. The summed E-state index contributed by atoms with van der Waals surface area (Å²) in [6, 6.07) is 15.4. The SMILES string of the molecule is COc1ccc(-c2cnn([C@@H](C)C(=O)Nc3ccccc3)c(=O)n2)cc1. The van der Waals surface area contributed by atoms with Crippen LogP contribution in [0.4, 0.5) is 5.69 Å². The Morgan fingerprint density at radius 1 is 1.12 bits per heavy atom. The summed E-state index contributed by atoms with van der Waals surface area (Å²) in [6.07, 6.45) is 1.47. The van der Waals surface area contributed by atoms with E-state index < -0.39 is 11.7 Å². The number of carbonyl (C=O) groups excluding carboxylic acids is 1. The van der Waals surface area contributed by atoms with E-state index in [0.29, 0.717) is 17.1 Å². The van der Waals surface area contributed by atoms with Crippen molar-refractivity contribution in [1.82, 2.24) is 14.8 Å². The van der Waals surface area contributed by atoms with Crippen LogP contribution in [0.25, 0.3) is 11.3 Å². The number of nitrogens with one attached hydrogen (secondary N) is 1. The quantitative estimate of drug-likeness (QED) is 0.764. The monoisotopic (exact) mass is 350 g/mol. The molecule has 0 spiro atoms. The van der Waals surface area contributed by atoms with Gasteiger partial charge in [-0.05, 0) is 43.3 Å². The molecule has 132 valence electrons. The van der Waals surface area contributed by atoms with Gasteiger partial charge in [-0.1, -0.05) is 18.2 Å². The van der Waals surface area contributed by atoms with Crippen molar-refractivity contribution < 1.29 is 9.53 Å². The van der Waals surface area contributed by atoms with Crippen molar-refractivity contribution >= 4 is 11.6 Å². The molecule has 0 unspecified atom stereocenters. The van der Waals surface area contributed by atoms with Crippen LogP contribution in [-0.2, 0) is 4.79 Å². The molecule has 0 bridgehead atoms. The van der Waals surface area contributed by atoms with Gasteiger partial charge in [0.25, 0.3) is 0 Å².